The molecule has 0 bridgehead atoms. The Balaban J connectivity index is 1.24. The van der Waals surface area contributed by atoms with Crippen LogP contribution in [0.2, 0.25) is 0 Å². The summed E-state index contributed by atoms with van der Waals surface area (Å²) in [6.07, 6.45) is 1.36. The third-order valence-electron chi connectivity index (χ3n) is 6.59. The molecule has 1 saturated heterocycles. The highest BCUT2D eigenvalue weighted by Gasteiger charge is 2.33. The number of anilines is 2. The van der Waals surface area contributed by atoms with Crippen LogP contribution in [0.15, 0.2) is 72.8 Å². The molecule has 0 radical (unpaired) electrons. The molecule has 0 aromatic heterocycles. The lowest BCUT2D eigenvalue weighted by Crippen LogP contribution is -2.44. The van der Waals surface area contributed by atoms with Crippen LogP contribution in [0.1, 0.15) is 30.0 Å². The SMILES string of the molecule is Cc1ccc(NC(=O)[C@@H](c2ccccc2)N2CCC(C(=O)Nc3ccc4c(c3)OCO4)CC2)cc1. The van der Waals surface area contributed by atoms with Crippen LogP contribution in [0, 0.1) is 12.8 Å². The number of aryl methyl sites for hydroxylation is 1. The van der Waals surface area contributed by atoms with E-state index in [0.29, 0.717) is 43.1 Å². The molecular weight excluding hydrogens is 442 g/mol. The number of hydrogen-bond donors (Lipinski definition) is 2. The first-order valence-electron chi connectivity index (χ1n) is 11.9. The quantitative estimate of drug-likeness (QED) is 0.542. The van der Waals surface area contributed by atoms with Gasteiger partial charge in [-0.05, 0) is 62.7 Å². The number of benzene rings is 3. The Morgan fingerprint density at radius 2 is 1.54 bits per heavy atom. The predicted molar refractivity (Wildman–Crippen MR) is 134 cm³/mol. The number of fused-ring (bicyclic) bond motifs is 1. The van der Waals surface area contributed by atoms with E-state index in [1.54, 1.807) is 12.1 Å². The third-order valence-corrected chi connectivity index (χ3v) is 6.59. The van der Waals surface area contributed by atoms with E-state index in [4.69, 9.17) is 9.47 Å². The Morgan fingerprint density at radius 1 is 0.857 bits per heavy atom. The maximum Gasteiger partial charge on any atom is 0.246 e. The molecular formula is C28H29N3O4. The van der Waals surface area contributed by atoms with Crippen LogP contribution in [0.4, 0.5) is 11.4 Å². The first-order valence-corrected chi connectivity index (χ1v) is 11.9. The van der Waals surface area contributed by atoms with Gasteiger partial charge in [0, 0.05) is 23.4 Å². The molecule has 2 amide bonds. The minimum absolute atomic E-state index is 0.0103. The van der Waals surface area contributed by atoms with E-state index in [0.717, 1.165) is 16.8 Å². The molecule has 5 rings (SSSR count). The molecule has 7 heteroatoms. The summed E-state index contributed by atoms with van der Waals surface area (Å²) in [4.78, 5) is 28.5. The molecule has 1 fully saturated rings. The minimum Gasteiger partial charge on any atom is -0.454 e. The van der Waals surface area contributed by atoms with Crippen molar-refractivity contribution < 1.29 is 19.1 Å². The number of nitrogens with one attached hydrogen (secondary N) is 2. The van der Waals surface area contributed by atoms with Crippen LogP contribution in [-0.4, -0.2) is 36.6 Å². The van der Waals surface area contributed by atoms with Crippen molar-refractivity contribution in [2.45, 2.75) is 25.8 Å². The highest BCUT2D eigenvalue weighted by atomic mass is 16.7. The topological polar surface area (TPSA) is 79.9 Å². The molecule has 1 atom stereocenters. The lowest BCUT2D eigenvalue weighted by Gasteiger charge is -2.36. The van der Waals surface area contributed by atoms with E-state index < -0.39 is 6.04 Å². The van der Waals surface area contributed by atoms with E-state index in [9.17, 15) is 9.59 Å². The highest BCUT2D eigenvalue weighted by molar-refractivity contribution is 5.96. The van der Waals surface area contributed by atoms with Crippen molar-refractivity contribution in [1.82, 2.24) is 4.90 Å². The molecule has 2 aliphatic rings. The molecule has 2 N–H and O–H groups in total. The number of carbonyl (C=O) groups excluding carboxylic acids is 2. The Labute approximate surface area is 205 Å². The number of ether oxygens (including phenoxy) is 2. The molecule has 3 aromatic carbocycles. The molecule has 3 aromatic rings. The van der Waals surface area contributed by atoms with Crippen LogP contribution in [-0.2, 0) is 9.59 Å². The molecule has 2 aliphatic heterocycles. The number of nitrogens with zero attached hydrogens (tertiary/aromatic N) is 1. The maximum atomic E-state index is 13.4. The molecule has 7 nitrogen and oxygen atoms in total. The lowest BCUT2D eigenvalue weighted by atomic mass is 9.93. The van der Waals surface area contributed by atoms with Gasteiger partial charge in [0.15, 0.2) is 11.5 Å². The molecule has 35 heavy (non-hydrogen) atoms. The van der Waals surface area contributed by atoms with Gasteiger partial charge < -0.3 is 20.1 Å². The third kappa shape index (κ3) is 5.30. The zero-order valence-corrected chi connectivity index (χ0v) is 19.7. The zero-order valence-electron chi connectivity index (χ0n) is 19.7. The number of amides is 2. The van der Waals surface area contributed by atoms with Crippen molar-refractivity contribution in [2.24, 2.45) is 5.92 Å². The molecule has 2 heterocycles. The summed E-state index contributed by atoms with van der Waals surface area (Å²) in [5.41, 5.74) is 3.56. The normalized spacial score (nSPS) is 16.5. The average molecular weight is 472 g/mol. The summed E-state index contributed by atoms with van der Waals surface area (Å²) in [6, 6.07) is 22.6. The fraction of sp³-hybridized carbons (Fsp3) is 0.286. The molecule has 0 aliphatic carbocycles. The van der Waals surface area contributed by atoms with Gasteiger partial charge in [-0.15, -0.1) is 0 Å². The van der Waals surface area contributed by atoms with E-state index in [1.807, 2.05) is 67.6 Å². The Kier molecular flexibility index (Phi) is 6.68. The van der Waals surface area contributed by atoms with Gasteiger partial charge in [0.2, 0.25) is 18.6 Å². The monoisotopic (exact) mass is 471 g/mol. The lowest BCUT2D eigenvalue weighted by molar-refractivity contribution is -0.124. The minimum atomic E-state index is -0.421. The molecule has 0 unspecified atom stereocenters. The summed E-state index contributed by atoms with van der Waals surface area (Å²) in [5, 5.41) is 6.07. The fourth-order valence-corrected chi connectivity index (χ4v) is 4.65. The number of likely N-dealkylation sites (tertiary alicyclic amines) is 1. The van der Waals surface area contributed by atoms with Crippen LogP contribution in [0.25, 0.3) is 0 Å². The van der Waals surface area contributed by atoms with E-state index in [2.05, 4.69) is 15.5 Å². The molecule has 0 spiro atoms. The summed E-state index contributed by atoms with van der Waals surface area (Å²) >= 11 is 0. The second-order valence-corrected chi connectivity index (χ2v) is 9.04. The molecule has 180 valence electrons. The van der Waals surface area contributed by atoms with Crippen LogP contribution >= 0.6 is 0 Å². The summed E-state index contributed by atoms with van der Waals surface area (Å²) < 4.78 is 10.7. The van der Waals surface area contributed by atoms with Gasteiger partial charge in [0.1, 0.15) is 6.04 Å². The van der Waals surface area contributed by atoms with E-state index in [1.165, 1.54) is 0 Å². The first-order chi connectivity index (χ1) is 17.1. The van der Waals surface area contributed by atoms with Crippen LogP contribution in [0.3, 0.4) is 0 Å². The zero-order chi connectivity index (χ0) is 24.2. The highest BCUT2D eigenvalue weighted by Crippen LogP contribution is 2.35. The Bertz CT molecular complexity index is 1190. The Hall–Kier alpha value is -3.84. The van der Waals surface area contributed by atoms with Gasteiger partial charge in [-0.1, -0.05) is 48.0 Å². The van der Waals surface area contributed by atoms with Crippen molar-refractivity contribution >= 4 is 23.2 Å². The van der Waals surface area contributed by atoms with Crippen molar-refractivity contribution in [2.75, 3.05) is 30.5 Å². The van der Waals surface area contributed by atoms with Gasteiger partial charge in [0.25, 0.3) is 0 Å². The van der Waals surface area contributed by atoms with Gasteiger partial charge in [-0.25, -0.2) is 0 Å². The summed E-state index contributed by atoms with van der Waals surface area (Å²) in [5.74, 6) is 1.13. The van der Waals surface area contributed by atoms with Gasteiger partial charge >= 0.3 is 0 Å². The largest absolute Gasteiger partial charge is 0.454 e. The fourth-order valence-electron chi connectivity index (χ4n) is 4.65. The maximum absolute atomic E-state index is 13.4. The van der Waals surface area contributed by atoms with E-state index in [-0.39, 0.29) is 24.5 Å². The van der Waals surface area contributed by atoms with E-state index >= 15 is 0 Å². The van der Waals surface area contributed by atoms with Crippen LogP contribution in [0.5, 0.6) is 11.5 Å². The van der Waals surface area contributed by atoms with Gasteiger partial charge in [-0.2, -0.15) is 0 Å². The first kappa shape index (κ1) is 22.9. The predicted octanol–water partition coefficient (Wildman–Crippen LogP) is 4.75. The van der Waals surface area contributed by atoms with Crippen molar-refractivity contribution in [3.63, 3.8) is 0 Å². The Morgan fingerprint density at radius 3 is 2.29 bits per heavy atom. The van der Waals surface area contributed by atoms with Crippen molar-refractivity contribution in [3.05, 3.63) is 83.9 Å². The summed E-state index contributed by atoms with van der Waals surface area (Å²) in [6.45, 7) is 3.52. The van der Waals surface area contributed by atoms with Gasteiger partial charge in [0.05, 0.1) is 0 Å². The average Bonchev–Trinajstić information content (AvgIpc) is 3.35. The second kappa shape index (κ2) is 10.2. The van der Waals surface area contributed by atoms with Crippen molar-refractivity contribution in [3.8, 4) is 11.5 Å². The number of hydrogen-bond acceptors (Lipinski definition) is 5. The van der Waals surface area contributed by atoms with Gasteiger partial charge in [-0.3, -0.25) is 14.5 Å². The molecule has 0 saturated carbocycles. The smallest absolute Gasteiger partial charge is 0.246 e. The second-order valence-electron chi connectivity index (χ2n) is 9.04. The van der Waals surface area contributed by atoms with Crippen LogP contribution < -0.4 is 20.1 Å². The standard InChI is InChI=1S/C28H29N3O4/c1-19-7-9-22(10-8-19)29-28(33)26(20-5-3-2-4-6-20)31-15-13-21(14-16-31)27(32)30-23-11-12-24-25(17-23)35-18-34-24/h2-12,17,21,26H,13-16,18H2,1H3,(H,29,33)(H,30,32)/t26-/m1/s1. The number of piperidine rings is 1. The summed E-state index contributed by atoms with van der Waals surface area (Å²) in [7, 11) is 0. The number of carbonyl (C=O) groups is 2. The van der Waals surface area contributed by atoms with Crippen molar-refractivity contribution in [1.29, 1.82) is 0 Å². The number of rotatable bonds is 6.